The number of carbonyl (C=O) groups excluding carboxylic acids is 2. The summed E-state index contributed by atoms with van der Waals surface area (Å²) in [4.78, 5) is 22.3. The molecule has 1 aromatic carbocycles. The van der Waals surface area contributed by atoms with Gasteiger partial charge in [0.2, 0.25) is 0 Å². The van der Waals surface area contributed by atoms with E-state index in [1.165, 1.54) is 0 Å². The Morgan fingerprint density at radius 1 is 1.33 bits per heavy atom. The van der Waals surface area contributed by atoms with Crippen LogP contribution in [0.15, 0.2) is 29.6 Å². The molecule has 0 spiro atoms. The Labute approximate surface area is 139 Å². The summed E-state index contributed by atoms with van der Waals surface area (Å²) in [7, 11) is 0. The van der Waals surface area contributed by atoms with Crippen molar-refractivity contribution in [3.8, 4) is 5.75 Å². The van der Waals surface area contributed by atoms with Crippen LogP contribution < -0.4 is 15.8 Å². The lowest BCUT2D eigenvalue weighted by Gasteiger charge is -2.20. The summed E-state index contributed by atoms with van der Waals surface area (Å²) in [5, 5.41) is 2.71. The maximum atomic E-state index is 14.5. The molecule has 0 saturated heterocycles. The molecule has 1 aliphatic rings. The zero-order valence-corrected chi connectivity index (χ0v) is 13.9. The highest BCUT2D eigenvalue weighted by Gasteiger charge is 2.23. The third-order valence-corrected chi connectivity index (χ3v) is 3.53. The average molecular weight is 336 g/mol. The molecular weight excluding hydrogens is 315 g/mol. The summed E-state index contributed by atoms with van der Waals surface area (Å²) in [5.41, 5.74) is 5.84. The summed E-state index contributed by atoms with van der Waals surface area (Å²) in [5.74, 6) is -0.0314. The van der Waals surface area contributed by atoms with Gasteiger partial charge in [-0.1, -0.05) is 20.8 Å². The van der Waals surface area contributed by atoms with Crippen LogP contribution in [0.2, 0.25) is 0 Å². The van der Waals surface area contributed by atoms with Crippen molar-refractivity contribution in [2.24, 2.45) is 11.1 Å². The maximum absolute atomic E-state index is 14.5. The van der Waals surface area contributed by atoms with Crippen LogP contribution in [0.4, 0.5) is 9.18 Å². The number of fused-ring (bicyclic) bond motifs is 1. The highest BCUT2D eigenvalue weighted by atomic mass is 19.1. The number of halogens is 1. The van der Waals surface area contributed by atoms with Gasteiger partial charge >= 0.3 is 6.09 Å². The first kappa shape index (κ1) is 17.8. The Balaban J connectivity index is 2.13. The van der Waals surface area contributed by atoms with Crippen LogP contribution in [0.5, 0.6) is 5.75 Å². The Hall–Kier alpha value is -2.57. The molecule has 2 rings (SSSR count). The molecule has 2 amide bonds. The van der Waals surface area contributed by atoms with Gasteiger partial charge in [0.05, 0.1) is 0 Å². The molecule has 1 heterocycles. The highest BCUT2D eigenvalue weighted by molar-refractivity contribution is 5.98. The minimum absolute atomic E-state index is 0.0868. The molecule has 0 unspecified atom stereocenters. The largest absolute Gasteiger partial charge is 0.489 e. The van der Waals surface area contributed by atoms with Crippen LogP contribution in [0.25, 0.3) is 0 Å². The molecule has 0 bridgehead atoms. The van der Waals surface area contributed by atoms with Gasteiger partial charge in [-0.15, -0.1) is 0 Å². The predicted octanol–water partition coefficient (Wildman–Crippen LogP) is 2.67. The lowest BCUT2D eigenvalue weighted by atomic mass is 9.92. The van der Waals surface area contributed by atoms with Crippen LogP contribution in [0.3, 0.4) is 0 Å². The normalized spacial score (nSPS) is 14.6. The van der Waals surface area contributed by atoms with E-state index in [1.807, 2.05) is 0 Å². The Bertz CT molecular complexity index is 692. The van der Waals surface area contributed by atoms with Crippen molar-refractivity contribution in [1.82, 2.24) is 5.32 Å². The van der Waals surface area contributed by atoms with Gasteiger partial charge in [0, 0.05) is 23.1 Å². The molecule has 130 valence electrons. The monoisotopic (exact) mass is 336 g/mol. The van der Waals surface area contributed by atoms with Crippen molar-refractivity contribution in [2.45, 2.75) is 27.3 Å². The van der Waals surface area contributed by atoms with Gasteiger partial charge in [0.25, 0.3) is 5.91 Å². The van der Waals surface area contributed by atoms with Crippen molar-refractivity contribution in [3.63, 3.8) is 0 Å². The van der Waals surface area contributed by atoms with E-state index in [-0.39, 0.29) is 24.7 Å². The number of hydrogen-bond donors (Lipinski definition) is 2. The zero-order valence-electron chi connectivity index (χ0n) is 13.9. The lowest BCUT2D eigenvalue weighted by molar-refractivity contribution is 0.0965. The number of hydrogen-bond acceptors (Lipinski definition) is 4. The van der Waals surface area contributed by atoms with Gasteiger partial charge in [-0.25, -0.2) is 9.18 Å². The highest BCUT2D eigenvalue weighted by Crippen LogP contribution is 2.30. The number of ether oxygens (including phenoxy) is 2. The first-order valence-electron chi connectivity index (χ1n) is 7.52. The second-order valence-corrected chi connectivity index (χ2v) is 6.57. The van der Waals surface area contributed by atoms with Crippen LogP contribution in [-0.4, -0.2) is 25.2 Å². The summed E-state index contributed by atoms with van der Waals surface area (Å²) in [6.07, 6.45) is -0.976. The van der Waals surface area contributed by atoms with Crippen molar-refractivity contribution in [3.05, 3.63) is 40.7 Å². The van der Waals surface area contributed by atoms with Crippen LogP contribution >= 0.6 is 0 Å². The van der Waals surface area contributed by atoms with E-state index >= 15 is 0 Å². The number of benzene rings is 1. The summed E-state index contributed by atoms with van der Waals surface area (Å²) in [6, 6.07) is 5.04. The summed E-state index contributed by atoms with van der Waals surface area (Å²) in [6.45, 7) is 5.20. The molecule has 1 aromatic rings. The number of primary amides is 1. The second-order valence-electron chi connectivity index (χ2n) is 6.57. The minimum atomic E-state index is -0.976. The van der Waals surface area contributed by atoms with Crippen LogP contribution in [0.1, 0.15) is 36.7 Å². The Morgan fingerprint density at radius 3 is 2.67 bits per heavy atom. The Morgan fingerprint density at radius 2 is 2.04 bits per heavy atom. The average Bonchev–Trinajstić information content (AvgIpc) is 2.86. The van der Waals surface area contributed by atoms with Crippen LogP contribution in [0, 0.1) is 5.41 Å². The predicted molar refractivity (Wildman–Crippen MR) is 86.2 cm³/mol. The van der Waals surface area contributed by atoms with Crippen LogP contribution in [-0.2, 0) is 11.3 Å². The van der Waals surface area contributed by atoms with E-state index in [0.29, 0.717) is 17.9 Å². The van der Waals surface area contributed by atoms with Gasteiger partial charge in [-0.05, 0) is 23.8 Å². The molecule has 7 heteroatoms. The summed E-state index contributed by atoms with van der Waals surface area (Å²) < 4.78 is 24.8. The second kappa shape index (κ2) is 6.90. The van der Waals surface area contributed by atoms with Crippen molar-refractivity contribution < 1.29 is 23.5 Å². The number of carbonyl (C=O) groups is 2. The first-order valence-corrected chi connectivity index (χ1v) is 7.52. The molecule has 6 nitrogen and oxygen atoms in total. The van der Waals surface area contributed by atoms with E-state index in [2.05, 4.69) is 5.32 Å². The SMILES string of the molecule is CC(C)(C)C(F)=C(COC(N)=O)COc1ccc2c(c1)CNC2=O. The molecule has 0 aromatic heterocycles. The molecule has 0 saturated carbocycles. The fourth-order valence-corrected chi connectivity index (χ4v) is 2.33. The number of rotatable bonds is 5. The number of allylic oxidation sites excluding steroid dienone is 1. The molecule has 0 aliphatic carbocycles. The smallest absolute Gasteiger partial charge is 0.404 e. The quantitative estimate of drug-likeness (QED) is 0.865. The van der Waals surface area contributed by atoms with Gasteiger partial charge in [-0.2, -0.15) is 0 Å². The van der Waals surface area contributed by atoms with Gasteiger partial charge in [0.15, 0.2) is 0 Å². The molecule has 0 atom stereocenters. The fraction of sp³-hybridized carbons (Fsp3) is 0.412. The van der Waals surface area contributed by atoms with E-state index in [0.717, 1.165) is 5.56 Å². The third-order valence-electron chi connectivity index (χ3n) is 3.53. The maximum Gasteiger partial charge on any atom is 0.404 e. The van der Waals surface area contributed by atoms with E-state index in [9.17, 15) is 14.0 Å². The molecule has 0 fully saturated rings. The zero-order chi connectivity index (χ0) is 17.9. The molecule has 0 radical (unpaired) electrons. The number of nitrogens with two attached hydrogens (primary N) is 1. The van der Waals surface area contributed by atoms with Crippen molar-refractivity contribution in [2.75, 3.05) is 13.2 Å². The lowest BCUT2D eigenvalue weighted by Crippen LogP contribution is -2.20. The Kier molecular flexibility index (Phi) is 5.11. The van der Waals surface area contributed by atoms with Gasteiger partial charge in [0.1, 0.15) is 24.8 Å². The topological polar surface area (TPSA) is 90.7 Å². The molecular formula is C17H21FN2O4. The molecule has 24 heavy (non-hydrogen) atoms. The molecule has 1 aliphatic heterocycles. The van der Waals surface area contributed by atoms with Crippen molar-refractivity contribution >= 4 is 12.0 Å². The first-order chi connectivity index (χ1) is 11.2. The number of nitrogens with one attached hydrogen (secondary N) is 1. The molecule has 3 N–H and O–H groups in total. The third kappa shape index (κ3) is 4.24. The van der Waals surface area contributed by atoms with Crippen molar-refractivity contribution in [1.29, 1.82) is 0 Å². The van der Waals surface area contributed by atoms with Gasteiger partial charge in [-0.3, -0.25) is 4.79 Å². The minimum Gasteiger partial charge on any atom is -0.489 e. The van der Waals surface area contributed by atoms with E-state index in [1.54, 1.807) is 39.0 Å². The standard InChI is InChI=1S/C17H21FN2O4/c1-17(2,3)14(18)11(9-24-16(19)22)8-23-12-4-5-13-10(6-12)7-20-15(13)21/h4-6H,7-9H2,1-3H3,(H2,19,22)(H,20,21). The van der Waals surface area contributed by atoms with E-state index in [4.69, 9.17) is 15.2 Å². The van der Waals surface area contributed by atoms with Gasteiger partial charge < -0.3 is 20.5 Å². The number of amides is 2. The summed E-state index contributed by atoms with van der Waals surface area (Å²) >= 11 is 0. The van der Waals surface area contributed by atoms with E-state index < -0.39 is 17.3 Å². The fourth-order valence-electron chi connectivity index (χ4n) is 2.33.